The summed E-state index contributed by atoms with van der Waals surface area (Å²) in [5.74, 6) is -0.681. The Bertz CT molecular complexity index is 1150. The van der Waals surface area contributed by atoms with Crippen molar-refractivity contribution in [2.24, 2.45) is 0 Å². The van der Waals surface area contributed by atoms with Crippen molar-refractivity contribution < 1.29 is 14.3 Å². The first-order valence-electron chi connectivity index (χ1n) is 11.2. The number of esters is 1. The first-order chi connectivity index (χ1) is 16.0. The molecule has 7 nitrogen and oxygen atoms in total. The van der Waals surface area contributed by atoms with Crippen molar-refractivity contribution in [3.8, 4) is 0 Å². The maximum Gasteiger partial charge on any atom is 0.325 e. The van der Waals surface area contributed by atoms with Gasteiger partial charge in [0.15, 0.2) is 0 Å². The number of amides is 1. The van der Waals surface area contributed by atoms with Crippen LogP contribution in [0.3, 0.4) is 0 Å². The number of hydrogen-bond acceptors (Lipinski definition) is 5. The zero-order chi connectivity index (χ0) is 23.3. The number of imidazole rings is 1. The average molecular weight is 465 g/mol. The summed E-state index contributed by atoms with van der Waals surface area (Å²) < 4.78 is 7.92. The molecule has 1 saturated carbocycles. The highest BCUT2D eigenvalue weighted by Gasteiger charge is 2.48. The monoisotopic (exact) mass is 464 g/mol. The van der Waals surface area contributed by atoms with Gasteiger partial charge in [0, 0.05) is 25.6 Å². The summed E-state index contributed by atoms with van der Waals surface area (Å²) in [4.78, 5) is 30.0. The zero-order valence-electron chi connectivity index (χ0n) is 18.6. The summed E-state index contributed by atoms with van der Waals surface area (Å²) in [7, 11) is 1.80. The van der Waals surface area contributed by atoms with Gasteiger partial charge in [-0.3, -0.25) is 9.59 Å². The fraction of sp³-hybridized carbons (Fsp3) is 0.360. The molecule has 2 atom stereocenters. The Labute approximate surface area is 198 Å². The number of fused-ring (bicyclic) bond motifs is 1. The van der Waals surface area contributed by atoms with Crippen molar-refractivity contribution in [2.75, 3.05) is 13.6 Å². The predicted octanol–water partition coefficient (Wildman–Crippen LogP) is 2.96. The van der Waals surface area contributed by atoms with Crippen molar-refractivity contribution in [1.82, 2.24) is 20.0 Å². The molecule has 1 fully saturated rings. The van der Waals surface area contributed by atoms with Gasteiger partial charge in [-0.05, 0) is 36.5 Å². The van der Waals surface area contributed by atoms with E-state index in [0.29, 0.717) is 11.4 Å². The van der Waals surface area contributed by atoms with Crippen molar-refractivity contribution in [1.29, 1.82) is 0 Å². The lowest BCUT2D eigenvalue weighted by Gasteiger charge is -2.44. The number of likely N-dealkylation sites (N-methyl/N-ethyl adjacent to an activating group) is 1. The predicted molar refractivity (Wildman–Crippen MR) is 130 cm³/mol. The minimum atomic E-state index is -0.634. The molecule has 2 N–H and O–H groups in total. The van der Waals surface area contributed by atoms with Crippen LogP contribution in [-0.2, 0) is 26.2 Å². The molecule has 0 bridgehead atoms. The smallest absolute Gasteiger partial charge is 0.325 e. The van der Waals surface area contributed by atoms with E-state index in [0.717, 1.165) is 36.0 Å². The number of ether oxygens (including phenoxy) is 1. The molecule has 1 aromatic carbocycles. The molecular weight excluding hydrogens is 436 g/mol. The molecule has 4 rings (SSSR count). The molecule has 0 spiro atoms. The van der Waals surface area contributed by atoms with Gasteiger partial charge in [0.2, 0.25) is 5.91 Å². The minimum absolute atomic E-state index is 0.175. The van der Waals surface area contributed by atoms with Gasteiger partial charge < -0.3 is 19.8 Å². The number of carbonyl (C=O) groups excluding carboxylic acids is 2. The van der Waals surface area contributed by atoms with Crippen LogP contribution >= 0.6 is 12.2 Å². The van der Waals surface area contributed by atoms with Gasteiger partial charge in [-0.1, -0.05) is 55.0 Å². The molecule has 1 amide bonds. The number of hydrogen-bond donors (Lipinski definition) is 2. The SMILES string of the molecule is CNC(=S)[C@]1(c2ccc3nccn3c2)CCCC[C@H]1OC(=O)CNC(=O)Cc1ccccc1. The van der Waals surface area contributed by atoms with E-state index in [2.05, 4.69) is 15.6 Å². The van der Waals surface area contributed by atoms with E-state index in [1.165, 1.54) is 0 Å². The Balaban J connectivity index is 1.49. The highest BCUT2D eigenvalue weighted by molar-refractivity contribution is 7.80. The zero-order valence-corrected chi connectivity index (χ0v) is 19.4. The summed E-state index contributed by atoms with van der Waals surface area (Å²) >= 11 is 5.78. The molecule has 3 aromatic rings. The molecule has 0 aliphatic heterocycles. The Hall–Kier alpha value is -3.26. The number of nitrogens with one attached hydrogen (secondary N) is 2. The normalized spacial score (nSPS) is 20.2. The number of aromatic nitrogens is 2. The average Bonchev–Trinajstić information content (AvgIpc) is 3.31. The molecule has 0 radical (unpaired) electrons. The van der Waals surface area contributed by atoms with Crippen LogP contribution in [0.4, 0.5) is 0 Å². The summed E-state index contributed by atoms with van der Waals surface area (Å²) in [6.45, 7) is -0.175. The van der Waals surface area contributed by atoms with Crippen LogP contribution in [0.1, 0.15) is 36.8 Å². The third-order valence-corrected chi connectivity index (χ3v) is 6.85. The standard InChI is InChI=1S/C25H28N4O3S/c1-26-24(33)25(19-10-11-21-27-13-14-29(21)17-19)12-6-5-9-20(25)32-23(31)16-28-22(30)15-18-7-3-2-4-8-18/h2-4,7-8,10-11,13-14,17,20H,5-6,9,12,15-16H2,1H3,(H,26,33)(H,28,30)/t20-,25+/m1/s1. The fourth-order valence-electron chi connectivity index (χ4n) is 4.64. The Morgan fingerprint density at radius 1 is 1.21 bits per heavy atom. The van der Waals surface area contributed by atoms with E-state index in [1.54, 1.807) is 13.2 Å². The number of rotatable bonds is 7. The van der Waals surface area contributed by atoms with Crippen molar-refractivity contribution in [3.63, 3.8) is 0 Å². The van der Waals surface area contributed by atoms with Crippen LogP contribution in [-0.4, -0.2) is 45.9 Å². The molecule has 2 heterocycles. The van der Waals surface area contributed by atoms with Gasteiger partial charge >= 0.3 is 5.97 Å². The Morgan fingerprint density at radius 2 is 2.03 bits per heavy atom. The van der Waals surface area contributed by atoms with Gasteiger partial charge in [0.1, 0.15) is 18.3 Å². The second-order valence-electron chi connectivity index (χ2n) is 8.32. The molecular formula is C25H28N4O3S. The number of benzene rings is 1. The first kappa shape index (κ1) is 22.9. The molecule has 172 valence electrons. The van der Waals surface area contributed by atoms with Crippen LogP contribution in [0.2, 0.25) is 0 Å². The molecule has 2 aromatic heterocycles. The summed E-state index contributed by atoms with van der Waals surface area (Å²) in [6.07, 6.45) is 8.84. The molecule has 1 aliphatic rings. The quantitative estimate of drug-likeness (QED) is 0.413. The third-order valence-electron chi connectivity index (χ3n) is 6.28. The number of carbonyl (C=O) groups is 2. The van der Waals surface area contributed by atoms with Crippen LogP contribution in [0.15, 0.2) is 61.1 Å². The van der Waals surface area contributed by atoms with E-state index in [1.807, 2.05) is 59.3 Å². The Morgan fingerprint density at radius 3 is 2.82 bits per heavy atom. The summed E-state index contributed by atoms with van der Waals surface area (Å²) in [6, 6.07) is 13.4. The van der Waals surface area contributed by atoms with E-state index in [-0.39, 0.29) is 18.9 Å². The number of nitrogens with zero attached hydrogens (tertiary/aromatic N) is 2. The van der Waals surface area contributed by atoms with E-state index >= 15 is 0 Å². The first-order valence-corrected chi connectivity index (χ1v) is 11.6. The second kappa shape index (κ2) is 10.1. The van der Waals surface area contributed by atoms with Crippen molar-refractivity contribution in [3.05, 3.63) is 72.2 Å². The van der Waals surface area contributed by atoms with Crippen molar-refractivity contribution in [2.45, 2.75) is 43.6 Å². The minimum Gasteiger partial charge on any atom is -0.460 e. The lowest BCUT2D eigenvalue weighted by Crippen LogP contribution is -2.54. The molecule has 8 heteroatoms. The van der Waals surface area contributed by atoms with Crippen LogP contribution in [0.5, 0.6) is 0 Å². The molecule has 1 aliphatic carbocycles. The second-order valence-corrected chi connectivity index (χ2v) is 8.73. The van der Waals surface area contributed by atoms with E-state index < -0.39 is 17.5 Å². The molecule has 33 heavy (non-hydrogen) atoms. The van der Waals surface area contributed by atoms with Gasteiger partial charge in [0.05, 0.1) is 16.8 Å². The lowest BCUT2D eigenvalue weighted by molar-refractivity contribution is -0.153. The number of thiocarbonyl (C=S) groups is 1. The largest absolute Gasteiger partial charge is 0.460 e. The highest BCUT2D eigenvalue weighted by atomic mass is 32.1. The maximum atomic E-state index is 12.8. The molecule has 0 saturated heterocycles. The fourth-order valence-corrected chi connectivity index (χ4v) is 4.99. The maximum absolute atomic E-state index is 12.8. The summed E-state index contributed by atoms with van der Waals surface area (Å²) in [5.41, 5.74) is 2.08. The third kappa shape index (κ3) is 4.90. The molecule has 0 unspecified atom stereocenters. The van der Waals surface area contributed by atoms with E-state index in [9.17, 15) is 9.59 Å². The van der Waals surface area contributed by atoms with Crippen LogP contribution in [0, 0.1) is 0 Å². The van der Waals surface area contributed by atoms with Gasteiger partial charge in [-0.2, -0.15) is 0 Å². The van der Waals surface area contributed by atoms with Crippen molar-refractivity contribution >= 4 is 34.7 Å². The van der Waals surface area contributed by atoms with Gasteiger partial charge in [0.25, 0.3) is 0 Å². The van der Waals surface area contributed by atoms with Crippen LogP contribution in [0.25, 0.3) is 5.65 Å². The van der Waals surface area contributed by atoms with E-state index in [4.69, 9.17) is 17.0 Å². The van der Waals surface area contributed by atoms with Gasteiger partial charge in [-0.15, -0.1) is 0 Å². The summed E-state index contributed by atoms with van der Waals surface area (Å²) in [5, 5.41) is 5.82. The van der Waals surface area contributed by atoms with Gasteiger partial charge in [-0.25, -0.2) is 4.98 Å². The number of pyridine rings is 1. The lowest BCUT2D eigenvalue weighted by atomic mass is 9.67. The Kier molecular flexibility index (Phi) is 7.03. The van der Waals surface area contributed by atoms with Crippen LogP contribution < -0.4 is 10.6 Å². The topological polar surface area (TPSA) is 84.7 Å². The highest BCUT2D eigenvalue weighted by Crippen LogP contribution is 2.42.